The largest absolute Gasteiger partial charge is 0.352 e. The number of halogens is 2. The van der Waals surface area contributed by atoms with Crippen LogP contribution in [-0.4, -0.2) is 50.0 Å². The van der Waals surface area contributed by atoms with Crippen LogP contribution in [0.5, 0.6) is 0 Å². The topological polar surface area (TPSA) is 86.8 Å². The molecule has 204 valence electrons. The minimum Gasteiger partial charge on any atom is -0.352 e. The average molecular weight is 571 g/mol. The molecule has 2 aromatic carbocycles. The minimum absolute atomic E-state index is 0.0284. The lowest BCUT2D eigenvalue weighted by atomic mass is 10.1. The van der Waals surface area contributed by atoms with Gasteiger partial charge in [0, 0.05) is 25.6 Å². The van der Waals surface area contributed by atoms with E-state index in [1.807, 2.05) is 32.9 Å². The predicted octanol–water partition coefficient (Wildman–Crippen LogP) is 5.43. The Labute approximate surface area is 231 Å². The van der Waals surface area contributed by atoms with Crippen LogP contribution in [0.2, 0.25) is 10.0 Å². The number of carbonyl (C=O) groups excluding carboxylic acids is 2. The summed E-state index contributed by atoms with van der Waals surface area (Å²) in [6, 6.07) is 11.7. The summed E-state index contributed by atoms with van der Waals surface area (Å²) in [5.74, 6) is -0.510. The molecule has 37 heavy (non-hydrogen) atoms. The molecule has 0 spiro atoms. The van der Waals surface area contributed by atoms with Crippen molar-refractivity contribution in [1.29, 1.82) is 0 Å². The SMILES string of the molecule is CCc1ccc(N(CCCC(=O)N(Cc2ccc(Cl)c(Cl)c2)[C@H](C)C(=O)N[C@H](C)CC)S(C)(=O)=O)cc1. The third-order valence-corrected chi connectivity index (χ3v) is 8.22. The first-order chi connectivity index (χ1) is 17.4. The zero-order chi connectivity index (χ0) is 27.8. The molecule has 0 saturated carbocycles. The molecule has 2 aromatic rings. The summed E-state index contributed by atoms with van der Waals surface area (Å²) >= 11 is 12.2. The fourth-order valence-electron chi connectivity index (χ4n) is 3.78. The summed E-state index contributed by atoms with van der Waals surface area (Å²) in [7, 11) is -3.54. The average Bonchev–Trinajstić information content (AvgIpc) is 2.85. The Kier molecular flexibility index (Phi) is 11.7. The van der Waals surface area contributed by atoms with Gasteiger partial charge in [0.15, 0.2) is 0 Å². The molecule has 0 heterocycles. The third-order valence-electron chi connectivity index (χ3n) is 6.29. The minimum atomic E-state index is -3.54. The summed E-state index contributed by atoms with van der Waals surface area (Å²) in [6.45, 7) is 7.90. The summed E-state index contributed by atoms with van der Waals surface area (Å²) < 4.78 is 26.3. The van der Waals surface area contributed by atoms with Gasteiger partial charge in [-0.25, -0.2) is 8.42 Å². The number of nitrogens with zero attached hydrogens (tertiary/aromatic N) is 2. The molecule has 2 amide bonds. The maximum Gasteiger partial charge on any atom is 0.242 e. The standard InChI is InChI=1S/C27H37Cl2N3O4S/c1-6-19(3)30-27(34)20(4)31(18-22-12-15-24(28)25(29)17-22)26(33)9-8-16-32(37(5,35)36)23-13-10-21(7-2)11-14-23/h10-15,17,19-20H,6-9,16,18H2,1-5H3,(H,30,34)/t19-,20-/m1/s1. The molecule has 2 rings (SSSR count). The van der Waals surface area contributed by atoms with E-state index in [0.717, 1.165) is 30.2 Å². The number of nitrogens with one attached hydrogen (secondary N) is 1. The fraction of sp³-hybridized carbons (Fsp3) is 0.481. The first-order valence-corrected chi connectivity index (χ1v) is 15.1. The van der Waals surface area contributed by atoms with E-state index in [2.05, 4.69) is 5.32 Å². The Morgan fingerprint density at radius 2 is 1.59 bits per heavy atom. The van der Waals surface area contributed by atoms with E-state index in [4.69, 9.17) is 23.2 Å². The van der Waals surface area contributed by atoms with Gasteiger partial charge in [-0.1, -0.05) is 55.2 Å². The van der Waals surface area contributed by atoms with Crippen LogP contribution in [0.15, 0.2) is 42.5 Å². The lowest BCUT2D eigenvalue weighted by molar-refractivity contribution is -0.140. The molecule has 0 fully saturated rings. The number of anilines is 1. The van der Waals surface area contributed by atoms with Gasteiger partial charge in [0.2, 0.25) is 21.8 Å². The Hall–Kier alpha value is -2.29. The van der Waals surface area contributed by atoms with Crippen molar-refractivity contribution in [3.8, 4) is 0 Å². The van der Waals surface area contributed by atoms with E-state index >= 15 is 0 Å². The van der Waals surface area contributed by atoms with E-state index < -0.39 is 16.1 Å². The van der Waals surface area contributed by atoms with Crippen LogP contribution in [-0.2, 0) is 32.6 Å². The molecular weight excluding hydrogens is 533 g/mol. The second-order valence-electron chi connectivity index (χ2n) is 9.22. The highest BCUT2D eigenvalue weighted by atomic mass is 35.5. The molecule has 0 aromatic heterocycles. The van der Waals surface area contributed by atoms with E-state index in [9.17, 15) is 18.0 Å². The molecule has 1 N–H and O–H groups in total. The maximum atomic E-state index is 13.4. The molecule has 7 nitrogen and oxygen atoms in total. The Morgan fingerprint density at radius 1 is 0.973 bits per heavy atom. The molecule has 0 unspecified atom stereocenters. The normalized spacial score (nSPS) is 13.1. The summed E-state index contributed by atoms with van der Waals surface area (Å²) in [4.78, 5) is 27.7. The van der Waals surface area contributed by atoms with Crippen molar-refractivity contribution in [3.05, 3.63) is 63.6 Å². The smallest absolute Gasteiger partial charge is 0.242 e. The van der Waals surface area contributed by atoms with Crippen molar-refractivity contribution < 1.29 is 18.0 Å². The number of rotatable bonds is 13. The van der Waals surface area contributed by atoms with Gasteiger partial charge < -0.3 is 10.2 Å². The van der Waals surface area contributed by atoms with E-state index in [1.165, 1.54) is 9.21 Å². The summed E-state index contributed by atoms with van der Waals surface area (Å²) in [5, 5.41) is 3.69. The lowest BCUT2D eigenvalue weighted by Crippen LogP contribution is -2.49. The Bertz CT molecular complexity index is 1170. The van der Waals surface area contributed by atoms with Crippen molar-refractivity contribution in [2.24, 2.45) is 0 Å². The van der Waals surface area contributed by atoms with Crippen LogP contribution >= 0.6 is 23.2 Å². The molecule has 0 aliphatic rings. The molecule has 2 atom stereocenters. The first-order valence-electron chi connectivity index (χ1n) is 12.5. The fourth-order valence-corrected chi connectivity index (χ4v) is 5.07. The first kappa shape index (κ1) is 30.9. The van der Waals surface area contributed by atoms with Crippen molar-refractivity contribution in [2.75, 3.05) is 17.1 Å². The van der Waals surface area contributed by atoms with Crippen LogP contribution in [0.4, 0.5) is 5.69 Å². The van der Waals surface area contributed by atoms with Gasteiger partial charge in [0.05, 0.1) is 22.0 Å². The predicted molar refractivity (Wildman–Crippen MR) is 152 cm³/mol. The highest BCUT2D eigenvalue weighted by Crippen LogP contribution is 2.24. The van der Waals surface area contributed by atoms with Crippen LogP contribution in [0, 0.1) is 0 Å². The number of carbonyl (C=O) groups is 2. The van der Waals surface area contributed by atoms with Gasteiger partial charge in [-0.2, -0.15) is 0 Å². The van der Waals surface area contributed by atoms with Gasteiger partial charge in [-0.15, -0.1) is 0 Å². The van der Waals surface area contributed by atoms with Crippen molar-refractivity contribution >= 4 is 50.7 Å². The van der Waals surface area contributed by atoms with Crippen molar-refractivity contribution in [1.82, 2.24) is 10.2 Å². The Balaban J connectivity index is 2.19. The van der Waals surface area contributed by atoms with Gasteiger partial charge in [0.1, 0.15) is 6.04 Å². The second-order valence-corrected chi connectivity index (χ2v) is 11.9. The highest BCUT2D eigenvalue weighted by Gasteiger charge is 2.27. The lowest BCUT2D eigenvalue weighted by Gasteiger charge is -2.30. The summed E-state index contributed by atoms with van der Waals surface area (Å²) in [5.41, 5.74) is 2.40. The number of hydrogen-bond donors (Lipinski definition) is 1. The Morgan fingerprint density at radius 3 is 2.14 bits per heavy atom. The molecule has 0 bridgehead atoms. The van der Waals surface area contributed by atoms with Crippen molar-refractivity contribution in [2.45, 2.75) is 72.0 Å². The third kappa shape index (κ3) is 9.20. The van der Waals surface area contributed by atoms with Crippen LogP contribution in [0.25, 0.3) is 0 Å². The van der Waals surface area contributed by atoms with Crippen LogP contribution in [0.1, 0.15) is 58.1 Å². The molecule has 10 heteroatoms. The monoisotopic (exact) mass is 569 g/mol. The van der Waals surface area contributed by atoms with Gasteiger partial charge >= 0.3 is 0 Å². The number of amides is 2. The number of aryl methyl sites for hydroxylation is 1. The van der Waals surface area contributed by atoms with E-state index in [-0.39, 0.29) is 37.4 Å². The van der Waals surface area contributed by atoms with Gasteiger partial charge in [0.25, 0.3) is 0 Å². The molecule has 0 aliphatic carbocycles. The van der Waals surface area contributed by atoms with Gasteiger partial charge in [-0.3, -0.25) is 13.9 Å². The molecule has 0 aliphatic heterocycles. The van der Waals surface area contributed by atoms with E-state index in [0.29, 0.717) is 22.2 Å². The zero-order valence-electron chi connectivity index (χ0n) is 22.1. The quantitative estimate of drug-likeness (QED) is 0.348. The van der Waals surface area contributed by atoms with Crippen LogP contribution in [0.3, 0.4) is 0 Å². The van der Waals surface area contributed by atoms with Crippen LogP contribution < -0.4 is 9.62 Å². The molecule has 0 saturated heterocycles. The number of hydrogen-bond acceptors (Lipinski definition) is 4. The highest BCUT2D eigenvalue weighted by molar-refractivity contribution is 7.92. The number of benzene rings is 2. The summed E-state index contributed by atoms with van der Waals surface area (Å²) in [6.07, 6.45) is 3.13. The molecule has 0 radical (unpaired) electrons. The van der Waals surface area contributed by atoms with Gasteiger partial charge in [-0.05, 0) is 68.5 Å². The molecular formula is C27H37Cl2N3O4S. The van der Waals surface area contributed by atoms with E-state index in [1.54, 1.807) is 37.3 Å². The van der Waals surface area contributed by atoms with Crippen molar-refractivity contribution in [3.63, 3.8) is 0 Å². The maximum absolute atomic E-state index is 13.4. The second kappa shape index (κ2) is 14.0. The zero-order valence-corrected chi connectivity index (χ0v) is 24.5. The number of sulfonamides is 1.